The van der Waals surface area contributed by atoms with Crippen molar-refractivity contribution in [3.63, 3.8) is 0 Å². The number of methoxy groups -OCH3 is 1. The minimum Gasteiger partial charge on any atom is -0.494 e. The molecule has 1 fully saturated rings. The fraction of sp³-hybridized carbons (Fsp3) is 0.333. The number of nitrogens with zero attached hydrogens (tertiary/aromatic N) is 4. The molecule has 0 N–H and O–H groups in total. The van der Waals surface area contributed by atoms with Crippen LogP contribution in [0.15, 0.2) is 70.7 Å². The van der Waals surface area contributed by atoms with Gasteiger partial charge in [0, 0.05) is 75.0 Å². The quantitative estimate of drug-likeness (QED) is 0.257. The van der Waals surface area contributed by atoms with Gasteiger partial charge in [0.1, 0.15) is 11.6 Å². The van der Waals surface area contributed by atoms with E-state index in [1.807, 2.05) is 12.3 Å². The lowest BCUT2D eigenvalue weighted by Gasteiger charge is -2.36. The Morgan fingerprint density at radius 2 is 1.67 bits per heavy atom. The van der Waals surface area contributed by atoms with Crippen LogP contribution in [0.4, 0.5) is 13.2 Å². The summed E-state index contributed by atoms with van der Waals surface area (Å²) in [7, 11) is 1.38. The molecule has 1 unspecified atom stereocenters. The van der Waals surface area contributed by atoms with E-state index in [9.17, 15) is 13.6 Å². The molecule has 6 rings (SSSR count). The second-order valence-electron chi connectivity index (χ2n) is 11.1. The molecule has 224 valence electrons. The molecule has 2 aliphatic rings. The fourth-order valence-corrected chi connectivity index (χ4v) is 7.52. The Kier molecular flexibility index (Phi) is 8.61. The van der Waals surface area contributed by atoms with Crippen LogP contribution in [-0.4, -0.2) is 64.9 Å². The average molecular weight is 607 g/mol. The average Bonchev–Trinajstić information content (AvgIpc) is 3.42. The van der Waals surface area contributed by atoms with Gasteiger partial charge in [-0.25, -0.2) is 13.2 Å². The predicted molar refractivity (Wildman–Crippen MR) is 162 cm³/mol. The molecule has 0 bridgehead atoms. The molecule has 0 radical (unpaired) electrons. The van der Waals surface area contributed by atoms with Crippen LogP contribution >= 0.6 is 11.8 Å². The van der Waals surface area contributed by atoms with Crippen molar-refractivity contribution in [3.05, 3.63) is 111 Å². The van der Waals surface area contributed by atoms with Crippen molar-refractivity contribution < 1.29 is 17.9 Å². The molecule has 2 aromatic carbocycles. The maximum Gasteiger partial charge on any atom is 0.260 e. The predicted octanol–water partition coefficient (Wildman–Crippen LogP) is 5.70. The van der Waals surface area contributed by atoms with Crippen LogP contribution in [0.3, 0.4) is 0 Å². The highest BCUT2D eigenvalue weighted by Crippen LogP contribution is 2.41. The van der Waals surface area contributed by atoms with Gasteiger partial charge in [-0.15, -0.1) is 11.8 Å². The third-order valence-corrected chi connectivity index (χ3v) is 9.71. The molecule has 6 nitrogen and oxygen atoms in total. The maximum atomic E-state index is 15.6. The number of pyridine rings is 2. The number of thioether (sulfide) groups is 1. The molecular formula is C33H33F3N4O2S. The Morgan fingerprint density at radius 1 is 0.953 bits per heavy atom. The number of hydrogen-bond donors (Lipinski definition) is 0. The summed E-state index contributed by atoms with van der Waals surface area (Å²) in [6.45, 7) is 6.71. The molecular weight excluding hydrogens is 573 g/mol. The van der Waals surface area contributed by atoms with Gasteiger partial charge in [0.05, 0.1) is 23.7 Å². The van der Waals surface area contributed by atoms with Gasteiger partial charge in [-0.05, 0) is 47.9 Å². The first-order valence-corrected chi connectivity index (χ1v) is 15.3. The van der Waals surface area contributed by atoms with Crippen LogP contribution in [0, 0.1) is 24.4 Å². The molecule has 0 spiro atoms. The van der Waals surface area contributed by atoms with Crippen molar-refractivity contribution >= 4 is 11.8 Å². The van der Waals surface area contributed by atoms with Crippen molar-refractivity contribution in [2.45, 2.75) is 31.0 Å². The minimum absolute atomic E-state index is 0.0265. The molecule has 43 heavy (non-hydrogen) atoms. The Hall–Kier alpha value is -3.60. The summed E-state index contributed by atoms with van der Waals surface area (Å²) in [5.74, 6) is -1.27. The summed E-state index contributed by atoms with van der Waals surface area (Å²) in [5.41, 5.74) is 2.27. The summed E-state index contributed by atoms with van der Waals surface area (Å²) in [6.07, 6.45) is 3.61. The summed E-state index contributed by atoms with van der Waals surface area (Å²) in [6, 6.07) is 12.3. The third kappa shape index (κ3) is 5.83. The van der Waals surface area contributed by atoms with E-state index >= 15 is 4.39 Å². The van der Waals surface area contributed by atoms with E-state index in [1.54, 1.807) is 29.8 Å². The summed E-state index contributed by atoms with van der Waals surface area (Å²) >= 11 is 1.52. The van der Waals surface area contributed by atoms with Gasteiger partial charge in [0.2, 0.25) is 0 Å². The first kappa shape index (κ1) is 29.5. The molecule has 1 atom stereocenters. The van der Waals surface area contributed by atoms with Crippen molar-refractivity contribution in [1.29, 1.82) is 0 Å². The summed E-state index contributed by atoms with van der Waals surface area (Å²) < 4.78 is 52.2. The maximum absolute atomic E-state index is 15.6. The molecule has 4 heterocycles. The van der Waals surface area contributed by atoms with Crippen LogP contribution < -0.4 is 10.3 Å². The lowest BCUT2D eigenvalue weighted by molar-refractivity contribution is 0.116. The molecule has 1 saturated heterocycles. The number of fused-ring (bicyclic) bond motifs is 1. The van der Waals surface area contributed by atoms with E-state index in [4.69, 9.17) is 4.74 Å². The van der Waals surface area contributed by atoms with Gasteiger partial charge < -0.3 is 4.74 Å². The first-order valence-electron chi connectivity index (χ1n) is 14.4. The van der Waals surface area contributed by atoms with Gasteiger partial charge in [0.15, 0.2) is 11.6 Å². The Morgan fingerprint density at radius 3 is 2.37 bits per heavy atom. The molecule has 4 aromatic rings. The smallest absolute Gasteiger partial charge is 0.260 e. The number of aromatic nitrogens is 2. The van der Waals surface area contributed by atoms with Crippen molar-refractivity contribution in [3.8, 4) is 16.9 Å². The van der Waals surface area contributed by atoms with E-state index in [0.29, 0.717) is 28.5 Å². The number of ether oxygens (including phenoxy) is 1. The summed E-state index contributed by atoms with van der Waals surface area (Å²) in [5, 5.41) is 0.692. The number of rotatable bonds is 8. The Bertz CT molecular complexity index is 1670. The third-order valence-electron chi connectivity index (χ3n) is 8.45. The lowest BCUT2D eigenvalue weighted by atomic mass is 9.94. The van der Waals surface area contributed by atoms with Gasteiger partial charge in [-0.1, -0.05) is 24.3 Å². The van der Waals surface area contributed by atoms with Crippen LogP contribution in [0.5, 0.6) is 5.75 Å². The zero-order chi connectivity index (χ0) is 30.1. The highest BCUT2D eigenvalue weighted by Gasteiger charge is 2.33. The molecule has 0 amide bonds. The monoisotopic (exact) mass is 606 g/mol. The second kappa shape index (κ2) is 12.6. The fourth-order valence-electron chi connectivity index (χ4n) is 6.14. The standard InChI is InChI=1S/C33H33F3N4O2S/c1-21-25(16-26-27(34)8-4-9-28(26)35)33-40(32(41)30(21)24-7-3-10-29(42-2)31(24)36)23(20-43-33)19-39-14-12-38(13-15-39)18-22-6-5-11-37-17-22/h3-11,17,23H,12-16,18-20H2,1-2H3. The zero-order valence-corrected chi connectivity index (χ0v) is 25.0. The van der Waals surface area contributed by atoms with Crippen molar-refractivity contribution in [2.24, 2.45) is 0 Å². The number of hydrogen-bond acceptors (Lipinski definition) is 6. The van der Waals surface area contributed by atoms with Gasteiger partial charge in [-0.3, -0.25) is 24.1 Å². The van der Waals surface area contributed by atoms with Gasteiger partial charge in [-0.2, -0.15) is 0 Å². The van der Waals surface area contributed by atoms with E-state index in [-0.39, 0.29) is 40.5 Å². The molecule has 0 saturated carbocycles. The van der Waals surface area contributed by atoms with Crippen molar-refractivity contribution in [1.82, 2.24) is 19.4 Å². The lowest BCUT2D eigenvalue weighted by Crippen LogP contribution is -2.48. The largest absolute Gasteiger partial charge is 0.494 e. The molecule has 2 aliphatic heterocycles. The number of halogens is 3. The molecule has 10 heteroatoms. The van der Waals surface area contributed by atoms with Crippen LogP contribution in [0.1, 0.15) is 28.3 Å². The van der Waals surface area contributed by atoms with Crippen LogP contribution in [-0.2, 0) is 13.0 Å². The highest BCUT2D eigenvalue weighted by molar-refractivity contribution is 7.99. The van der Waals surface area contributed by atoms with Gasteiger partial charge >= 0.3 is 0 Å². The van der Waals surface area contributed by atoms with Crippen molar-refractivity contribution in [2.75, 3.05) is 45.6 Å². The summed E-state index contributed by atoms with van der Waals surface area (Å²) in [4.78, 5) is 23.2. The van der Waals surface area contributed by atoms with E-state index < -0.39 is 17.5 Å². The molecule has 2 aromatic heterocycles. The Balaban J connectivity index is 1.35. The zero-order valence-electron chi connectivity index (χ0n) is 24.2. The van der Waals surface area contributed by atoms with Gasteiger partial charge in [0.25, 0.3) is 5.56 Å². The topological polar surface area (TPSA) is 50.6 Å². The van der Waals surface area contributed by atoms with Crippen LogP contribution in [0.2, 0.25) is 0 Å². The van der Waals surface area contributed by atoms with E-state index in [2.05, 4.69) is 20.9 Å². The Labute approximate surface area is 253 Å². The number of benzene rings is 2. The van der Waals surface area contributed by atoms with E-state index in [0.717, 1.165) is 32.7 Å². The normalized spacial score (nSPS) is 17.3. The van der Waals surface area contributed by atoms with Crippen LogP contribution in [0.25, 0.3) is 11.1 Å². The first-order chi connectivity index (χ1) is 20.9. The number of piperazine rings is 1. The second-order valence-corrected chi connectivity index (χ2v) is 12.1. The SMILES string of the molecule is COc1cccc(-c2c(C)c(Cc3c(F)cccc3F)c3n(c2=O)C(CN2CCN(Cc4cccnc4)CC2)CS3)c1F. The molecule has 0 aliphatic carbocycles. The van der Waals surface area contributed by atoms with E-state index in [1.165, 1.54) is 48.7 Å². The minimum atomic E-state index is -0.651. The highest BCUT2D eigenvalue weighted by atomic mass is 32.2.